The molecule has 0 saturated carbocycles. The smallest absolute Gasteiger partial charge is 0.269 e. The van der Waals surface area contributed by atoms with Gasteiger partial charge in [0.2, 0.25) is 5.91 Å². The van der Waals surface area contributed by atoms with Crippen LogP contribution in [0, 0.1) is 10.1 Å². The predicted molar refractivity (Wildman–Crippen MR) is 106 cm³/mol. The molecule has 0 bridgehead atoms. The van der Waals surface area contributed by atoms with E-state index in [2.05, 4.69) is 5.32 Å². The summed E-state index contributed by atoms with van der Waals surface area (Å²) in [5.74, 6) is -0.286. The number of non-ortho nitro benzene ring substituents is 1. The number of aromatic hydroxyl groups is 1. The molecule has 3 aromatic rings. The van der Waals surface area contributed by atoms with Gasteiger partial charge in [0, 0.05) is 24.6 Å². The zero-order valence-electron chi connectivity index (χ0n) is 15.3. The summed E-state index contributed by atoms with van der Waals surface area (Å²) in [5.41, 5.74) is 3.01. The van der Waals surface area contributed by atoms with Crippen LogP contribution >= 0.6 is 0 Å². The van der Waals surface area contributed by atoms with Gasteiger partial charge in [-0.25, -0.2) is 0 Å². The molecule has 0 fully saturated rings. The number of benzene rings is 3. The SMILES string of the molecule is CC(=O)NC(c1cccc([N+](=O)[O-])c1)c1cc(Cc2ccccc2)ccc1O. The average molecular weight is 376 g/mol. The van der Waals surface area contributed by atoms with E-state index in [-0.39, 0.29) is 17.3 Å². The minimum atomic E-state index is -0.701. The lowest BCUT2D eigenvalue weighted by atomic mass is 9.94. The number of hydrogen-bond acceptors (Lipinski definition) is 4. The number of nitrogens with one attached hydrogen (secondary N) is 1. The van der Waals surface area contributed by atoms with Gasteiger partial charge in [0.1, 0.15) is 5.75 Å². The second-order valence-corrected chi connectivity index (χ2v) is 6.54. The molecule has 0 heterocycles. The van der Waals surface area contributed by atoms with Crippen LogP contribution in [0.15, 0.2) is 72.8 Å². The van der Waals surface area contributed by atoms with Crippen molar-refractivity contribution in [3.63, 3.8) is 0 Å². The molecule has 28 heavy (non-hydrogen) atoms. The number of nitrogens with zero attached hydrogens (tertiary/aromatic N) is 1. The van der Waals surface area contributed by atoms with E-state index in [9.17, 15) is 20.0 Å². The molecule has 2 N–H and O–H groups in total. The maximum atomic E-state index is 11.8. The van der Waals surface area contributed by atoms with Crippen molar-refractivity contribution in [3.8, 4) is 5.75 Å². The first-order valence-corrected chi connectivity index (χ1v) is 8.81. The van der Waals surface area contributed by atoms with E-state index in [4.69, 9.17) is 0 Å². The average Bonchev–Trinajstić information content (AvgIpc) is 2.68. The molecule has 142 valence electrons. The Bertz CT molecular complexity index is 1000. The summed E-state index contributed by atoms with van der Waals surface area (Å²) in [6.45, 7) is 1.37. The number of amides is 1. The van der Waals surface area contributed by atoms with Gasteiger partial charge in [-0.3, -0.25) is 14.9 Å². The standard InChI is InChI=1S/C22H20N2O4/c1-15(25)23-22(18-8-5-9-19(14-18)24(27)28)20-13-17(10-11-21(20)26)12-16-6-3-2-4-7-16/h2-11,13-14,22,26H,12H2,1H3,(H,23,25). The first-order chi connectivity index (χ1) is 13.4. The first-order valence-electron chi connectivity index (χ1n) is 8.81. The number of carbonyl (C=O) groups is 1. The van der Waals surface area contributed by atoms with E-state index in [1.807, 2.05) is 42.5 Å². The van der Waals surface area contributed by atoms with Crippen molar-refractivity contribution in [2.75, 3.05) is 0 Å². The molecule has 1 amide bonds. The summed E-state index contributed by atoms with van der Waals surface area (Å²) in [6.07, 6.45) is 0.663. The Morgan fingerprint density at radius 3 is 2.46 bits per heavy atom. The van der Waals surface area contributed by atoms with Gasteiger partial charge >= 0.3 is 0 Å². The highest BCUT2D eigenvalue weighted by molar-refractivity contribution is 5.74. The van der Waals surface area contributed by atoms with Crippen molar-refractivity contribution in [1.29, 1.82) is 0 Å². The van der Waals surface area contributed by atoms with Crippen LogP contribution in [0.5, 0.6) is 5.75 Å². The molecule has 1 atom stereocenters. The van der Waals surface area contributed by atoms with Crippen LogP contribution in [-0.2, 0) is 11.2 Å². The van der Waals surface area contributed by atoms with Crippen LogP contribution in [0.4, 0.5) is 5.69 Å². The Kier molecular flexibility index (Phi) is 5.69. The topological polar surface area (TPSA) is 92.5 Å². The molecule has 6 heteroatoms. The number of hydrogen-bond donors (Lipinski definition) is 2. The van der Waals surface area contributed by atoms with Crippen molar-refractivity contribution < 1.29 is 14.8 Å². The Labute approximate surface area is 162 Å². The molecule has 0 spiro atoms. The maximum Gasteiger partial charge on any atom is 0.269 e. The van der Waals surface area contributed by atoms with E-state index in [1.54, 1.807) is 18.2 Å². The minimum absolute atomic E-state index is 0.0158. The highest BCUT2D eigenvalue weighted by atomic mass is 16.6. The number of rotatable bonds is 6. The number of phenols is 1. The van der Waals surface area contributed by atoms with Crippen LogP contribution in [-0.4, -0.2) is 15.9 Å². The summed E-state index contributed by atoms with van der Waals surface area (Å²) in [4.78, 5) is 22.4. The monoisotopic (exact) mass is 376 g/mol. The van der Waals surface area contributed by atoms with Crippen molar-refractivity contribution >= 4 is 11.6 Å². The Morgan fingerprint density at radius 2 is 1.79 bits per heavy atom. The quantitative estimate of drug-likeness (QED) is 0.500. The lowest BCUT2D eigenvalue weighted by molar-refractivity contribution is -0.384. The fraction of sp³-hybridized carbons (Fsp3) is 0.136. The molecule has 0 aliphatic carbocycles. The number of carbonyl (C=O) groups excluding carboxylic acids is 1. The van der Waals surface area contributed by atoms with Crippen LogP contribution < -0.4 is 5.32 Å². The molecule has 0 radical (unpaired) electrons. The third-order valence-electron chi connectivity index (χ3n) is 4.42. The highest BCUT2D eigenvalue weighted by Gasteiger charge is 2.21. The predicted octanol–water partition coefficient (Wildman–Crippen LogP) is 4.12. The zero-order chi connectivity index (χ0) is 20.1. The van der Waals surface area contributed by atoms with Gasteiger partial charge in [-0.1, -0.05) is 48.5 Å². The summed E-state index contributed by atoms with van der Waals surface area (Å²) >= 11 is 0. The largest absolute Gasteiger partial charge is 0.508 e. The Balaban J connectivity index is 2.02. The van der Waals surface area contributed by atoms with E-state index >= 15 is 0 Å². The lowest BCUT2D eigenvalue weighted by Gasteiger charge is -2.21. The molecule has 0 aliphatic rings. The summed E-state index contributed by atoms with van der Waals surface area (Å²) < 4.78 is 0. The van der Waals surface area contributed by atoms with Gasteiger partial charge in [-0.2, -0.15) is 0 Å². The van der Waals surface area contributed by atoms with Gasteiger partial charge in [0.05, 0.1) is 11.0 Å². The van der Waals surface area contributed by atoms with Gasteiger partial charge < -0.3 is 10.4 Å². The fourth-order valence-electron chi connectivity index (χ4n) is 3.14. The fourth-order valence-corrected chi connectivity index (χ4v) is 3.14. The first kappa shape index (κ1) is 19.1. The van der Waals surface area contributed by atoms with Gasteiger partial charge in [0.15, 0.2) is 0 Å². The number of nitro benzene ring substituents is 1. The maximum absolute atomic E-state index is 11.8. The Hall–Kier alpha value is -3.67. The Morgan fingerprint density at radius 1 is 1.04 bits per heavy atom. The summed E-state index contributed by atoms with van der Waals surface area (Å²) in [6, 6.07) is 20.5. The van der Waals surface area contributed by atoms with E-state index < -0.39 is 11.0 Å². The minimum Gasteiger partial charge on any atom is -0.508 e. The van der Waals surface area contributed by atoms with Crippen molar-refractivity contribution in [3.05, 3.63) is 105 Å². The second-order valence-electron chi connectivity index (χ2n) is 6.54. The molecule has 6 nitrogen and oxygen atoms in total. The third-order valence-corrected chi connectivity index (χ3v) is 4.42. The van der Waals surface area contributed by atoms with E-state index in [0.29, 0.717) is 17.5 Å². The molecule has 0 aromatic heterocycles. The van der Waals surface area contributed by atoms with Crippen molar-refractivity contribution in [2.45, 2.75) is 19.4 Å². The normalized spacial score (nSPS) is 11.6. The lowest BCUT2D eigenvalue weighted by Crippen LogP contribution is -2.27. The summed E-state index contributed by atoms with van der Waals surface area (Å²) in [7, 11) is 0. The van der Waals surface area contributed by atoms with Crippen molar-refractivity contribution in [2.24, 2.45) is 0 Å². The molecule has 0 aliphatic heterocycles. The zero-order valence-corrected chi connectivity index (χ0v) is 15.3. The molecule has 0 saturated heterocycles. The van der Waals surface area contributed by atoms with Crippen molar-refractivity contribution in [1.82, 2.24) is 5.32 Å². The third kappa shape index (κ3) is 4.54. The van der Waals surface area contributed by atoms with E-state index in [0.717, 1.165) is 11.1 Å². The molecule has 1 unspecified atom stereocenters. The second kappa shape index (κ2) is 8.35. The molecule has 3 rings (SSSR count). The van der Waals surface area contributed by atoms with Crippen LogP contribution in [0.25, 0.3) is 0 Å². The van der Waals surface area contributed by atoms with E-state index in [1.165, 1.54) is 19.1 Å². The molecular formula is C22H20N2O4. The van der Waals surface area contributed by atoms with Gasteiger partial charge in [0.25, 0.3) is 5.69 Å². The molecule has 3 aromatic carbocycles. The van der Waals surface area contributed by atoms with Crippen LogP contribution in [0.3, 0.4) is 0 Å². The molecular weight excluding hydrogens is 356 g/mol. The van der Waals surface area contributed by atoms with Crippen LogP contribution in [0.2, 0.25) is 0 Å². The van der Waals surface area contributed by atoms with Gasteiger partial charge in [-0.15, -0.1) is 0 Å². The number of phenolic OH excluding ortho intramolecular Hbond substituents is 1. The van der Waals surface area contributed by atoms with Crippen LogP contribution in [0.1, 0.15) is 35.2 Å². The summed E-state index contributed by atoms with van der Waals surface area (Å²) in [5, 5.41) is 24.4. The number of nitro groups is 1. The van der Waals surface area contributed by atoms with Gasteiger partial charge in [-0.05, 0) is 35.2 Å². The highest BCUT2D eigenvalue weighted by Crippen LogP contribution is 2.32.